The standard InChI is InChI=1S/C11H14F3NO2/c1-15-6-9(16)8-4-3-7(11(12,13)14)5-10(8)17-2/h3-5,9,15-16H,6H2,1-2H3. The smallest absolute Gasteiger partial charge is 0.416 e. The van der Waals surface area contributed by atoms with Crippen molar-refractivity contribution in [3.05, 3.63) is 29.3 Å². The van der Waals surface area contributed by atoms with Crippen molar-refractivity contribution < 1.29 is 23.0 Å². The molecule has 0 radical (unpaired) electrons. The highest BCUT2D eigenvalue weighted by molar-refractivity contribution is 5.40. The Bertz CT molecular complexity index is 379. The minimum Gasteiger partial charge on any atom is -0.496 e. The Morgan fingerprint density at radius 1 is 1.41 bits per heavy atom. The first-order chi connectivity index (χ1) is 7.90. The van der Waals surface area contributed by atoms with Crippen LogP contribution in [0.5, 0.6) is 5.75 Å². The average Bonchev–Trinajstić information content (AvgIpc) is 2.27. The third kappa shape index (κ3) is 3.34. The van der Waals surface area contributed by atoms with E-state index in [4.69, 9.17) is 4.74 Å². The Hall–Kier alpha value is -1.27. The van der Waals surface area contributed by atoms with Gasteiger partial charge in [-0.2, -0.15) is 13.2 Å². The molecule has 0 aliphatic carbocycles. The van der Waals surface area contributed by atoms with Crippen LogP contribution < -0.4 is 10.1 Å². The van der Waals surface area contributed by atoms with Gasteiger partial charge in [-0.15, -0.1) is 0 Å². The molecule has 1 atom stereocenters. The highest BCUT2D eigenvalue weighted by atomic mass is 19.4. The zero-order valence-corrected chi connectivity index (χ0v) is 9.51. The molecule has 0 aliphatic heterocycles. The number of benzene rings is 1. The fourth-order valence-corrected chi connectivity index (χ4v) is 1.47. The molecular formula is C11H14F3NO2. The molecule has 96 valence electrons. The molecule has 1 rings (SSSR count). The predicted octanol–water partition coefficient (Wildman–Crippen LogP) is 1.97. The number of methoxy groups -OCH3 is 1. The van der Waals surface area contributed by atoms with E-state index in [0.29, 0.717) is 5.56 Å². The SMILES string of the molecule is CNCC(O)c1ccc(C(F)(F)F)cc1OC. The van der Waals surface area contributed by atoms with E-state index in [1.807, 2.05) is 0 Å². The Balaban J connectivity index is 3.10. The summed E-state index contributed by atoms with van der Waals surface area (Å²) >= 11 is 0. The molecule has 1 aromatic rings. The second-order valence-corrected chi connectivity index (χ2v) is 3.53. The van der Waals surface area contributed by atoms with Gasteiger partial charge in [0.25, 0.3) is 0 Å². The lowest BCUT2D eigenvalue weighted by Gasteiger charge is -2.16. The van der Waals surface area contributed by atoms with Gasteiger partial charge in [-0.3, -0.25) is 0 Å². The van der Waals surface area contributed by atoms with Crippen molar-refractivity contribution in [1.29, 1.82) is 0 Å². The number of hydrogen-bond donors (Lipinski definition) is 2. The van der Waals surface area contributed by atoms with Crippen molar-refractivity contribution in [1.82, 2.24) is 5.32 Å². The van der Waals surface area contributed by atoms with Crippen LogP contribution in [0.15, 0.2) is 18.2 Å². The summed E-state index contributed by atoms with van der Waals surface area (Å²) in [6, 6.07) is 3.04. The van der Waals surface area contributed by atoms with Crippen LogP contribution in [0.2, 0.25) is 0 Å². The van der Waals surface area contributed by atoms with Gasteiger partial charge in [0.2, 0.25) is 0 Å². The lowest BCUT2D eigenvalue weighted by Crippen LogP contribution is -2.17. The predicted molar refractivity (Wildman–Crippen MR) is 56.9 cm³/mol. The third-order valence-corrected chi connectivity index (χ3v) is 2.32. The van der Waals surface area contributed by atoms with Gasteiger partial charge in [0.05, 0.1) is 18.8 Å². The van der Waals surface area contributed by atoms with Gasteiger partial charge in [-0.05, 0) is 19.2 Å². The number of aliphatic hydroxyl groups is 1. The lowest BCUT2D eigenvalue weighted by atomic mass is 10.0. The minimum atomic E-state index is -4.42. The van der Waals surface area contributed by atoms with Gasteiger partial charge in [0.1, 0.15) is 5.75 Å². The largest absolute Gasteiger partial charge is 0.496 e. The van der Waals surface area contributed by atoms with Crippen molar-refractivity contribution in [2.45, 2.75) is 12.3 Å². The van der Waals surface area contributed by atoms with E-state index in [1.54, 1.807) is 7.05 Å². The number of ether oxygens (including phenoxy) is 1. The first kappa shape index (κ1) is 13.8. The van der Waals surface area contributed by atoms with Crippen LogP contribution in [-0.2, 0) is 6.18 Å². The van der Waals surface area contributed by atoms with E-state index < -0.39 is 17.8 Å². The molecular weight excluding hydrogens is 235 g/mol. The molecule has 0 aliphatic rings. The van der Waals surface area contributed by atoms with Gasteiger partial charge in [0.15, 0.2) is 0 Å². The van der Waals surface area contributed by atoms with Crippen LogP contribution in [0.4, 0.5) is 13.2 Å². The summed E-state index contributed by atoms with van der Waals surface area (Å²) in [6.07, 6.45) is -5.32. The molecule has 0 amide bonds. The van der Waals surface area contributed by atoms with Crippen LogP contribution in [0.25, 0.3) is 0 Å². The van der Waals surface area contributed by atoms with Crippen LogP contribution in [-0.4, -0.2) is 25.8 Å². The molecule has 0 saturated carbocycles. The van der Waals surface area contributed by atoms with Gasteiger partial charge in [-0.1, -0.05) is 6.07 Å². The fraction of sp³-hybridized carbons (Fsp3) is 0.455. The Kier molecular flexibility index (Phi) is 4.36. The van der Waals surface area contributed by atoms with E-state index in [2.05, 4.69) is 5.32 Å². The first-order valence-electron chi connectivity index (χ1n) is 4.98. The quantitative estimate of drug-likeness (QED) is 0.857. The molecule has 1 aromatic carbocycles. The summed E-state index contributed by atoms with van der Waals surface area (Å²) in [5, 5.41) is 12.4. The normalized spacial score (nSPS) is 13.5. The lowest BCUT2D eigenvalue weighted by molar-refractivity contribution is -0.137. The van der Waals surface area contributed by atoms with E-state index in [0.717, 1.165) is 12.1 Å². The Morgan fingerprint density at radius 2 is 2.06 bits per heavy atom. The molecule has 0 fully saturated rings. The van der Waals surface area contributed by atoms with E-state index >= 15 is 0 Å². The fourth-order valence-electron chi connectivity index (χ4n) is 1.47. The van der Waals surface area contributed by atoms with Crippen molar-refractivity contribution in [2.24, 2.45) is 0 Å². The molecule has 0 bridgehead atoms. The average molecular weight is 249 g/mol. The number of alkyl halides is 3. The molecule has 1 unspecified atom stereocenters. The van der Waals surface area contributed by atoms with Crippen molar-refractivity contribution in [2.75, 3.05) is 20.7 Å². The Morgan fingerprint density at radius 3 is 2.53 bits per heavy atom. The summed E-state index contributed by atoms with van der Waals surface area (Å²) in [7, 11) is 2.91. The van der Waals surface area contributed by atoms with Crippen LogP contribution in [0, 0.1) is 0 Å². The van der Waals surface area contributed by atoms with E-state index in [1.165, 1.54) is 13.2 Å². The Labute approximate surface area is 97.2 Å². The summed E-state index contributed by atoms with van der Waals surface area (Å²) < 4.78 is 42.2. The highest BCUT2D eigenvalue weighted by Crippen LogP contribution is 2.34. The number of aliphatic hydroxyl groups excluding tert-OH is 1. The molecule has 0 saturated heterocycles. The number of halogens is 3. The summed E-state index contributed by atoms with van der Waals surface area (Å²) in [6.45, 7) is 0.238. The summed E-state index contributed by atoms with van der Waals surface area (Å²) in [5.41, 5.74) is -0.468. The maximum atomic E-state index is 12.5. The molecule has 0 spiro atoms. The number of nitrogens with one attached hydrogen (secondary N) is 1. The molecule has 0 aromatic heterocycles. The van der Waals surface area contributed by atoms with Crippen molar-refractivity contribution in [3.8, 4) is 5.75 Å². The zero-order chi connectivity index (χ0) is 13.1. The summed E-state index contributed by atoms with van der Waals surface area (Å²) in [5.74, 6) is 0.0302. The first-order valence-corrected chi connectivity index (χ1v) is 4.98. The van der Waals surface area contributed by atoms with Crippen LogP contribution in [0.1, 0.15) is 17.2 Å². The summed E-state index contributed by atoms with van der Waals surface area (Å²) in [4.78, 5) is 0. The minimum absolute atomic E-state index is 0.0302. The second-order valence-electron chi connectivity index (χ2n) is 3.53. The zero-order valence-electron chi connectivity index (χ0n) is 9.51. The molecule has 0 heterocycles. The monoisotopic (exact) mass is 249 g/mol. The highest BCUT2D eigenvalue weighted by Gasteiger charge is 2.31. The van der Waals surface area contributed by atoms with E-state index in [-0.39, 0.29) is 12.3 Å². The van der Waals surface area contributed by atoms with Crippen LogP contribution >= 0.6 is 0 Å². The van der Waals surface area contributed by atoms with Crippen LogP contribution in [0.3, 0.4) is 0 Å². The topological polar surface area (TPSA) is 41.5 Å². The third-order valence-electron chi connectivity index (χ3n) is 2.32. The maximum Gasteiger partial charge on any atom is 0.416 e. The molecule has 6 heteroatoms. The van der Waals surface area contributed by atoms with Gasteiger partial charge in [-0.25, -0.2) is 0 Å². The second kappa shape index (κ2) is 5.37. The van der Waals surface area contributed by atoms with Crippen molar-refractivity contribution >= 4 is 0 Å². The van der Waals surface area contributed by atoms with Gasteiger partial charge < -0.3 is 15.2 Å². The number of likely N-dealkylation sites (N-methyl/N-ethyl adjacent to an activating group) is 1. The van der Waals surface area contributed by atoms with Gasteiger partial charge >= 0.3 is 6.18 Å². The maximum absolute atomic E-state index is 12.5. The molecule has 3 nitrogen and oxygen atoms in total. The van der Waals surface area contributed by atoms with Gasteiger partial charge in [0, 0.05) is 12.1 Å². The number of rotatable bonds is 4. The van der Waals surface area contributed by atoms with E-state index in [9.17, 15) is 18.3 Å². The van der Waals surface area contributed by atoms with Crippen molar-refractivity contribution in [3.63, 3.8) is 0 Å². The number of hydrogen-bond acceptors (Lipinski definition) is 3. The molecule has 2 N–H and O–H groups in total. The molecule has 17 heavy (non-hydrogen) atoms.